The highest BCUT2D eigenvalue weighted by Gasteiger charge is 2.31. The van der Waals surface area contributed by atoms with Gasteiger partial charge in [0.25, 0.3) is 11.8 Å². The fraction of sp³-hybridized carbons (Fsp3) is 0.200. The maximum absolute atomic E-state index is 13.6. The number of rotatable bonds is 6. The van der Waals surface area contributed by atoms with Gasteiger partial charge in [-0.1, -0.05) is 49.2 Å². The van der Waals surface area contributed by atoms with E-state index in [0.717, 1.165) is 18.4 Å². The third kappa shape index (κ3) is 4.47. The lowest BCUT2D eigenvalue weighted by atomic mass is 10.1. The minimum Gasteiger partial charge on any atom is -0.352 e. The van der Waals surface area contributed by atoms with E-state index in [2.05, 4.69) is 12.2 Å². The SMILES string of the molecule is CCCCNC(=O)c1ccc2c(c1)N(Cc1ccc(Cl)cc1)C(=O)c1ccccc1[S@@]2=O. The molecule has 0 spiro atoms. The van der Waals surface area contributed by atoms with E-state index in [1.54, 1.807) is 59.5 Å². The summed E-state index contributed by atoms with van der Waals surface area (Å²) in [5.74, 6) is -0.473. The molecule has 1 aliphatic heterocycles. The fourth-order valence-electron chi connectivity index (χ4n) is 3.61. The van der Waals surface area contributed by atoms with Gasteiger partial charge < -0.3 is 10.2 Å². The Kier molecular flexibility index (Phi) is 6.72. The summed E-state index contributed by atoms with van der Waals surface area (Å²) < 4.78 is 13.4. The lowest BCUT2D eigenvalue weighted by molar-refractivity contribution is 0.0949. The Morgan fingerprint density at radius 2 is 1.78 bits per heavy atom. The largest absolute Gasteiger partial charge is 0.352 e. The molecule has 0 aromatic heterocycles. The second-order valence-electron chi connectivity index (χ2n) is 7.57. The Balaban J connectivity index is 1.80. The number of benzene rings is 3. The average molecular weight is 467 g/mol. The van der Waals surface area contributed by atoms with Crippen LogP contribution in [0.4, 0.5) is 5.69 Å². The summed E-state index contributed by atoms with van der Waals surface area (Å²) in [6.45, 7) is 2.90. The van der Waals surface area contributed by atoms with Gasteiger partial charge in [-0.3, -0.25) is 9.59 Å². The van der Waals surface area contributed by atoms with Crippen molar-refractivity contribution in [1.29, 1.82) is 0 Å². The molecule has 4 rings (SSSR count). The lowest BCUT2D eigenvalue weighted by Crippen LogP contribution is -2.31. The third-order valence-corrected chi connectivity index (χ3v) is 7.10. The number of carbonyl (C=O) groups is 2. The maximum atomic E-state index is 13.6. The Hall–Kier alpha value is -2.96. The first kappa shape index (κ1) is 22.2. The summed E-state index contributed by atoms with van der Waals surface area (Å²) in [5, 5.41) is 3.51. The molecule has 0 radical (unpaired) electrons. The molecule has 164 valence electrons. The lowest BCUT2D eigenvalue weighted by Gasteiger charge is -2.23. The van der Waals surface area contributed by atoms with E-state index in [0.29, 0.717) is 38.2 Å². The number of carbonyl (C=O) groups excluding carboxylic acids is 2. The zero-order valence-corrected chi connectivity index (χ0v) is 19.2. The molecule has 0 bridgehead atoms. The molecule has 1 aliphatic rings. The fourth-order valence-corrected chi connectivity index (χ4v) is 5.09. The molecule has 0 aliphatic carbocycles. The van der Waals surface area contributed by atoms with Crippen molar-refractivity contribution >= 4 is 39.9 Å². The number of nitrogens with one attached hydrogen (secondary N) is 1. The molecule has 1 atom stereocenters. The van der Waals surface area contributed by atoms with Gasteiger partial charge in [0, 0.05) is 17.1 Å². The molecule has 0 saturated carbocycles. The Labute approximate surface area is 194 Å². The molecule has 32 heavy (non-hydrogen) atoms. The smallest absolute Gasteiger partial charge is 0.259 e. The monoisotopic (exact) mass is 466 g/mol. The minimum absolute atomic E-state index is 0.215. The molecule has 1 N–H and O–H groups in total. The molecule has 1 heterocycles. The van der Waals surface area contributed by atoms with E-state index in [1.165, 1.54) is 0 Å². The Morgan fingerprint density at radius 3 is 2.53 bits per heavy atom. The molecular weight excluding hydrogens is 444 g/mol. The summed E-state index contributed by atoms with van der Waals surface area (Å²) in [5.41, 5.74) is 2.17. The van der Waals surface area contributed by atoms with Crippen LogP contribution in [0.2, 0.25) is 5.02 Å². The van der Waals surface area contributed by atoms with Crippen LogP contribution in [0.1, 0.15) is 46.0 Å². The summed E-state index contributed by atoms with van der Waals surface area (Å²) >= 11 is 6.02. The normalized spacial score (nSPS) is 15.0. The van der Waals surface area contributed by atoms with E-state index in [9.17, 15) is 13.8 Å². The second-order valence-corrected chi connectivity index (χ2v) is 9.43. The summed E-state index contributed by atoms with van der Waals surface area (Å²) in [6.07, 6.45) is 1.86. The first-order valence-electron chi connectivity index (χ1n) is 10.5. The number of hydrogen-bond acceptors (Lipinski definition) is 3. The molecule has 3 aromatic rings. The van der Waals surface area contributed by atoms with Gasteiger partial charge in [-0.05, 0) is 54.4 Å². The standard InChI is InChI=1S/C25H23ClN2O3S/c1-2-3-14-27-24(29)18-10-13-23-21(15-18)28(16-17-8-11-19(26)12-9-17)25(30)20-6-4-5-7-22(20)32(23)31/h4-13,15H,2-3,14,16H2,1H3,(H,27,29)/t32-/m0/s1. The number of amides is 2. The molecule has 0 saturated heterocycles. The van der Waals surface area contributed by atoms with Gasteiger partial charge in [-0.2, -0.15) is 0 Å². The van der Waals surface area contributed by atoms with E-state index in [-0.39, 0.29) is 18.4 Å². The van der Waals surface area contributed by atoms with Crippen molar-refractivity contribution in [1.82, 2.24) is 5.32 Å². The second kappa shape index (κ2) is 9.67. The molecule has 3 aromatic carbocycles. The van der Waals surface area contributed by atoms with Crippen LogP contribution < -0.4 is 10.2 Å². The van der Waals surface area contributed by atoms with E-state index in [1.807, 2.05) is 12.1 Å². The third-order valence-electron chi connectivity index (χ3n) is 5.34. The number of halogens is 1. The van der Waals surface area contributed by atoms with Gasteiger partial charge in [0.15, 0.2) is 0 Å². The van der Waals surface area contributed by atoms with Crippen LogP contribution in [-0.4, -0.2) is 22.6 Å². The van der Waals surface area contributed by atoms with Crippen molar-refractivity contribution in [3.8, 4) is 0 Å². The molecule has 2 amide bonds. The average Bonchev–Trinajstić information content (AvgIpc) is 2.90. The highest BCUT2D eigenvalue weighted by Crippen LogP contribution is 2.36. The van der Waals surface area contributed by atoms with Gasteiger partial charge in [0.2, 0.25) is 0 Å². The van der Waals surface area contributed by atoms with Crippen molar-refractivity contribution in [2.45, 2.75) is 36.1 Å². The zero-order chi connectivity index (χ0) is 22.7. The highest BCUT2D eigenvalue weighted by molar-refractivity contribution is 7.85. The molecular formula is C25H23ClN2O3S. The van der Waals surface area contributed by atoms with Gasteiger partial charge in [-0.25, -0.2) is 4.21 Å². The molecule has 0 fully saturated rings. The summed E-state index contributed by atoms with van der Waals surface area (Å²) in [4.78, 5) is 28.8. The van der Waals surface area contributed by atoms with Crippen LogP contribution in [0.25, 0.3) is 0 Å². The molecule has 0 unspecified atom stereocenters. The van der Waals surface area contributed by atoms with Crippen molar-refractivity contribution in [3.05, 3.63) is 88.4 Å². The first-order valence-corrected chi connectivity index (χ1v) is 12.0. The van der Waals surface area contributed by atoms with Gasteiger partial charge in [0.05, 0.1) is 38.4 Å². The van der Waals surface area contributed by atoms with E-state index < -0.39 is 10.8 Å². The number of hydrogen-bond donors (Lipinski definition) is 1. The van der Waals surface area contributed by atoms with Crippen LogP contribution in [-0.2, 0) is 17.3 Å². The number of anilines is 1. The van der Waals surface area contributed by atoms with Gasteiger partial charge in [-0.15, -0.1) is 0 Å². The number of fused-ring (bicyclic) bond motifs is 2. The summed E-state index contributed by atoms with van der Waals surface area (Å²) in [6, 6.07) is 19.2. The van der Waals surface area contributed by atoms with Crippen LogP contribution >= 0.6 is 11.6 Å². The van der Waals surface area contributed by atoms with Crippen LogP contribution in [0, 0.1) is 0 Å². The predicted molar refractivity (Wildman–Crippen MR) is 127 cm³/mol. The Bertz CT molecular complexity index is 1190. The maximum Gasteiger partial charge on any atom is 0.259 e. The van der Waals surface area contributed by atoms with Gasteiger partial charge >= 0.3 is 0 Å². The van der Waals surface area contributed by atoms with Gasteiger partial charge in [0.1, 0.15) is 0 Å². The van der Waals surface area contributed by atoms with E-state index in [4.69, 9.17) is 11.6 Å². The molecule has 7 heteroatoms. The topological polar surface area (TPSA) is 66.5 Å². The van der Waals surface area contributed by atoms with Crippen molar-refractivity contribution in [3.63, 3.8) is 0 Å². The van der Waals surface area contributed by atoms with Crippen LogP contribution in [0.3, 0.4) is 0 Å². The molecule has 5 nitrogen and oxygen atoms in total. The first-order chi connectivity index (χ1) is 15.5. The number of unbranched alkanes of at least 4 members (excludes halogenated alkanes) is 1. The van der Waals surface area contributed by atoms with E-state index >= 15 is 0 Å². The Morgan fingerprint density at radius 1 is 1.03 bits per heavy atom. The minimum atomic E-state index is -1.55. The quantitative estimate of drug-likeness (QED) is 0.508. The zero-order valence-electron chi connectivity index (χ0n) is 17.6. The van der Waals surface area contributed by atoms with Crippen LogP contribution in [0.5, 0.6) is 0 Å². The summed E-state index contributed by atoms with van der Waals surface area (Å²) in [7, 11) is -1.55. The number of nitrogens with zero attached hydrogens (tertiary/aromatic N) is 1. The van der Waals surface area contributed by atoms with Crippen molar-refractivity contribution in [2.24, 2.45) is 0 Å². The van der Waals surface area contributed by atoms with Crippen molar-refractivity contribution in [2.75, 3.05) is 11.4 Å². The predicted octanol–water partition coefficient (Wildman–Crippen LogP) is 5.20. The van der Waals surface area contributed by atoms with Crippen LogP contribution in [0.15, 0.2) is 76.5 Å². The highest BCUT2D eigenvalue weighted by atomic mass is 35.5. The van der Waals surface area contributed by atoms with Crippen molar-refractivity contribution < 1.29 is 13.8 Å².